The Morgan fingerprint density at radius 3 is 2.32 bits per heavy atom. The molecule has 2 bridgehead atoms. The van der Waals surface area contributed by atoms with Crippen molar-refractivity contribution in [2.45, 2.75) is 32.8 Å². The van der Waals surface area contributed by atoms with Crippen molar-refractivity contribution in [2.24, 2.45) is 5.92 Å². The largest absolute Gasteiger partial charge is 0.371 e. The highest BCUT2D eigenvalue weighted by Crippen LogP contribution is 2.33. The summed E-state index contributed by atoms with van der Waals surface area (Å²) in [5, 5.41) is 0. The Hall–Kier alpha value is -0.860. The maximum atomic E-state index is 5.89. The molecular weight excluding hydrogens is 234 g/mol. The summed E-state index contributed by atoms with van der Waals surface area (Å²) in [6, 6.07) is 8.67. The summed E-state index contributed by atoms with van der Waals surface area (Å²) in [5.41, 5.74) is 2.61. The Labute approximate surface area is 117 Å². The van der Waals surface area contributed by atoms with E-state index in [4.69, 9.17) is 4.74 Å². The van der Waals surface area contributed by atoms with Crippen LogP contribution < -0.4 is 0 Å². The SMILES string of the molecule is Cc1ccc(COCC[N+]23CCC(CC2)CC3)cc1. The van der Waals surface area contributed by atoms with Crippen LogP contribution in [0.1, 0.15) is 30.4 Å². The predicted molar refractivity (Wildman–Crippen MR) is 77.9 cm³/mol. The molecule has 0 N–H and O–H groups in total. The summed E-state index contributed by atoms with van der Waals surface area (Å²) >= 11 is 0. The lowest BCUT2D eigenvalue weighted by Crippen LogP contribution is -2.59. The molecule has 2 heteroatoms. The molecule has 3 aliphatic rings. The molecule has 2 nitrogen and oxygen atoms in total. The van der Waals surface area contributed by atoms with Crippen LogP contribution in [0, 0.1) is 12.8 Å². The Bertz CT molecular complexity index is 390. The van der Waals surface area contributed by atoms with Crippen molar-refractivity contribution in [1.29, 1.82) is 0 Å². The molecular formula is C17H26NO+. The van der Waals surface area contributed by atoms with E-state index in [1.54, 1.807) is 0 Å². The van der Waals surface area contributed by atoms with Gasteiger partial charge in [-0.05, 0) is 37.7 Å². The van der Waals surface area contributed by atoms with E-state index in [0.29, 0.717) is 0 Å². The zero-order valence-corrected chi connectivity index (χ0v) is 12.1. The molecule has 0 aliphatic carbocycles. The van der Waals surface area contributed by atoms with Crippen LogP contribution in [0.4, 0.5) is 0 Å². The third kappa shape index (κ3) is 3.18. The number of quaternary nitrogens is 1. The molecule has 3 fully saturated rings. The molecule has 3 heterocycles. The van der Waals surface area contributed by atoms with E-state index in [2.05, 4.69) is 31.2 Å². The quantitative estimate of drug-likeness (QED) is 0.584. The number of rotatable bonds is 5. The molecule has 0 spiro atoms. The van der Waals surface area contributed by atoms with E-state index in [9.17, 15) is 0 Å². The van der Waals surface area contributed by atoms with Gasteiger partial charge in [-0.25, -0.2) is 0 Å². The van der Waals surface area contributed by atoms with Crippen LogP contribution in [0.5, 0.6) is 0 Å². The Morgan fingerprint density at radius 2 is 1.68 bits per heavy atom. The standard InChI is InChI=1S/C17H26NO/c1-15-2-4-17(5-3-15)14-19-13-12-18-9-6-16(7-10-18)8-11-18/h2-5,16H,6-14H2,1H3/q+1. The molecule has 0 unspecified atom stereocenters. The minimum atomic E-state index is 0.767. The van der Waals surface area contributed by atoms with Gasteiger partial charge in [0.25, 0.3) is 0 Å². The number of aryl methyl sites for hydroxylation is 1. The second-order valence-electron chi connectivity index (χ2n) is 6.51. The lowest BCUT2D eigenvalue weighted by molar-refractivity contribution is -0.943. The van der Waals surface area contributed by atoms with E-state index in [1.165, 1.54) is 61.1 Å². The first-order chi connectivity index (χ1) is 9.26. The molecule has 4 rings (SSSR count). The van der Waals surface area contributed by atoms with Crippen LogP contribution in [0.15, 0.2) is 24.3 Å². The van der Waals surface area contributed by atoms with Gasteiger partial charge in [0.05, 0.1) is 32.8 Å². The molecule has 0 aromatic heterocycles. The number of hydrogen-bond donors (Lipinski definition) is 0. The van der Waals surface area contributed by atoms with E-state index in [0.717, 1.165) is 19.1 Å². The summed E-state index contributed by atoms with van der Waals surface area (Å²) in [5.74, 6) is 1.05. The Morgan fingerprint density at radius 1 is 1.05 bits per heavy atom. The molecule has 0 radical (unpaired) electrons. The van der Waals surface area contributed by atoms with E-state index >= 15 is 0 Å². The topological polar surface area (TPSA) is 9.23 Å². The normalized spacial score (nSPS) is 29.6. The van der Waals surface area contributed by atoms with Gasteiger partial charge in [-0.2, -0.15) is 0 Å². The van der Waals surface area contributed by atoms with Gasteiger partial charge < -0.3 is 9.22 Å². The highest BCUT2D eigenvalue weighted by atomic mass is 16.5. The van der Waals surface area contributed by atoms with Crippen LogP contribution >= 0.6 is 0 Å². The van der Waals surface area contributed by atoms with E-state index in [-0.39, 0.29) is 0 Å². The third-order valence-corrected chi connectivity index (χ3v) is 5.13. The molecule has 19 heavy (non-hydrogen) atoms. The number of ether oxygens (including phenoxy) is 1. The number of hydrogen-bond acceptors (Lipinski definition) is 1. The number of fused-ring (bicyclic) bond motifs is 3. The molecule has 1 aromatic rings. The summed E-state index contributed by atoms with van der Waals surface area (Å²) in [4.78, 5) is 0. The maximum absolute atomic E-state index is 5.89. The van der Waals surface area contributed by atoms with Crippen LogP contribution in [-0.2, 0) is 11.3 Å². The van der Waals surface area contributed by atoms with Crippen molar-refractivity contribution in [3.05, 3.63) is 35.4 Å². The van der Waals surface area contributed by atoms with Crippen LogP contribution in [-0.4, -0.2) is 37.3 Å². The summed E-state index contributed by atoms with van der Waals surface area (Å²) < 4.78 is 7.23. The smallest absolute Gasteiger partial charge is 0.102 e. The van der Waals surface area contributed by atoms with Gasteiger partial charge >= 0.3 is 0 Å². The van der Waals surface area contributed by atoms with Crippen molar-refractivity contribution in [3.63, 3.8) is 0 Å². The highest BCUT2D eigenvalue weighted by molar-refractivity contribution is 5.20. The lowest BCUT2D eigenvalue weighted by atomic mass is 9.86. The van der Waals surface area contributed by atoms with Gasteiger partial charge in [0.1, 0.15) is 6.54 Å². The summed E-state index contributed by atoms with van der Waals surface area (Å²) in [6.07, 6.45) is 4.37. The first-order valence-corrected chi connectivity index (χ1v) is 7.74. The molecule has 0 amide bonds. The fraction of sp³-hybridized carbons (Fsp3) is 0.647. The van der Waals surface area contributed by atoms with Gasteiger partial charge in [-0.15, -0.1) is 0 Å². The van der Waals surface area contributed by atoms with Crippen molar-refractivity contribution in [3.8, 4) is 0 Å². The summed E-state index contributed by atoms with van der Waals surface area (Å²) in [6.45, 7) is 9.23. The van der Waals surface area contributed by atoms with Crippen molar-refractivity contribution < 1.29 is 9.22 Å². The fourth-order valence-corrected chi connectivity index (χ4v) is 3.61. The highest BCUT2D eigenvalue weighted by Gasteiger charge is 2.39. The lowest BCUT2D eigenvalue weighted by Gasteiger charge is -2.49. The average Bonchev–Trinajstić information content (AvgIpc) is 2.47. The monoisotopic (exact) mass is 260 g/mol. The number of piperidine rings is 3. The first-order valence-electron chi connectivity index (χ1n) is 7.74. The second-order valence-corrected chi connectivity index (χ2v) is 6.51. The van der Waals surface area contributed by atoms with Crippen LogP contribution in [0.2, 0.25) is 0 Å². The molecule has 3 saturated heterocycles. The van der Waals surface area contributed by atoms with Gasteiger partial charge in [-0.3, -0.25) is 0 Å². The maximum Gasteiger partial charge on any atom is 0.102 e. The second kappa shape index (κ2) is 5.64. The molecule has 0 atom stereocenters. The Balaban J connectivity index is 1.42. The van der Waals surface area contributed by atoms with Crippen LogP contribution in [0.3, 0.4) is 0 Å². The zero-order valence-electron chi connectivity index (χ0n) is 12.1. The summed E-state index contributed by atoms with van der Waals surface area (Å²) in [7, 11) is 0. The predicted octanol–water partition coefficient (Wildman–Crippen LogP) is 3.14. The minimum Gasteiger partial charge on any atom is -0.371 e. The minimum absolute atomic E-state index is 0.767. The average molecular weight is 260 g/mol. The van der Waals surface area contributed by atoms with Gasteiger partial charge in [-0.1, -0.05) is 29.8 Å². The van der Waals surface area contributed by atoms with Gasteiger partial charge in [0.15, 0.2) is 0 Å². The van der Waals surface area contributed by atoms with Gasteiger partial charge in [0, 0.05) is 0 Å². The number of benzene rings is 1. The van der Waals surface area contributed by atoms with Crippen molar-refractivity contribution in [1.82, 2.24) is 0 Å². The van der Waals surface area contributed by atoms with Gasteiger partial charge in [0.2, 0.25) is 0 Å². The number of nitrogens with zero attached hydrogens (tertiary/aromatic N) is 1. The van der Waals surface area contributed by atoms with Crippen molar-refractivity contribution >= 4 is 0 Å². The third-order valence-electron chi connectivity index (χ3n) is 5.13. The van der Waals surface area contributed by atoms with Crippen LogP contribution in [0.25, 0.3) is 0 Å². The van der Waals surface area contributed by atoms with E-state index < -0.39 is 0 Å². The molecule has 1 aromatic carbocycles. The molecule has 3 aliphatic heterocycles. The van der Waals surface area contributed by atoms with Crippen molar-refractivity contribution in [2.75, 3.05) is 32.8 Å². The Kier molecular flexibility index (Phi) is 3.90. The fourth-order valence-electron chi connectivity index (χ4n) is 3.61. The molecule has 0 saturated carbocycles. The molecule has 104 valence electrons. The van der Waals surface area contributed by atoms with E-state index in [1.807, 2.05) is 0 Å². The zero-order chi connectivity index (χ0) is 13.1. The first kappa shape index (κ1) is 13.1.